The van der Waals surface area contributed by atoms with Gasteiger partial charge in [0, 0.05) is 6.42 Å². The second kappa shape index (κ2) is 22.4. The van der Waals surface area contributed by atoms with Crippen molar-refractivity contribution >= 4 is 6.29 Å². The first-order valence-corrected chi connectivity index (χ1v) is 11.0. The molecular weight excluding hydrogens is 292 g/mol. The summed E-state index contributed by atoms with van der Waals surface area (Å²) < 4.78 is 0. The molecule has 0 saturated heterocycles. The van der Waals surface area contributed by atoms with Gasteiger partial charge in [0.15, 0.2) is 0 Å². The van der Waals surface area contributed by atoms with Crippen LogP contribution in [0.1, 0.15) is 129 Å². The maximum atomic E-state index is 10.2. The highest BCUT2D eigenvalue weighted by atomic mass is 16.1. The Balaban J connectivity index is 3.01. The zero-order chi connectivity index (χ0) is 17.6. The molecule has 24 heavy (non-hydrogen) atoms. The van der Waals surface area contributed by atoms with Gasteiger partial charge < -0.3 is 4.79 Å². The lowest BCUT2D eigenvalue weighted by atomic mass is 10.0. The van der Waals surface area contributed by atoms with Crippen LogP contribution in [-0.4, -0.2) is 6.29 Å². The van der Waals surface area contributed by atoms with Crippen molar-refractivity contribution in [1.29, 1.82) is 0 Å². The predicted octanol–water partition coefficient (Wildman–Crippen LogP) is 8.17. The van der Waals surface area contributed by atoms with E-state index in [9.17, 15) is 4.79 Å². The molecule has 0 aromatic carbocycles. The molecular formula is C23H44O. The van der Waals surface area contributed by atoms with Gasteiger partial charge in [-0.25, -0.2) is 0 Å². The molecule has 0 unspecified atom stereocenters. The van der Waals surface area contributed by atoms with Crippen molar-refractivity contribution in [2.24, 2.45) is 0 Å². The van der Waals surface area contributed by atoms with Gasteiger partial charge in [-0.15, -0.1) is 0 Å². The lowest BCUT2D eigenvalue weighted by Gasteiger charge is -2.02. The molecule has 0 amide bonds. The minimum Gasteiger partial charge on any atom is -0.303 e. The van der Waals surface area contributed by atoms with Crippen LogP contribution in [-0.2, 0) is 4.79 Å². The van der Waals surface area contributed by atoms with Gasteiger partial charge in [-0.2, -0.15) is 0 Å². The Bertz CT molecular complexity index is 257. The molecule has 0 aromatic heterocycles. The lowest BCUT2D eigenvalue weighted by Crippen LogP contribution is -1.83. The lowest BCUT2D eigenvalue weighted by molar-refractivity contribution is -0.107. The summed E-state index contributed by atoms with van der Waals surface area (Å²) in [6.07, 6.45) is 31.0. The third-order valence-corrected chi connectivity index (χ3v) is 4.83. The normalized spacial score (nSPS) is 11.4. The number of carbonyl (C=O) groups excluding carboxylic acids is 1. The monoisotopic (exact) mass is 336 g/mol. The fraction of sp³-hybridized carbons (Fsp3) is 0.870. The SMILES string of the molecule is CCCCC/C=C\CCCCCCCCCCCCCCCC=O. The van der Waals surface area contributed by atoms with Gasteiger partial charge in [-0.05, 0) is 32.1 Å². The summed E-state index contributed by atoms with van der Waals surface area (Å²) in [5.41, 5.74) is 0. The van der Waals surface area contributed by atoms with E-state index in [1.807, 2.05) is 0 Å². The molecule has 0 aromatic rings. The van der Waals surface area contributed by atoms with Crippen LogP contribution >= 0.6 is 0 Å². The Morgan fingerprint density at radius 3 is 1.17 bits per heavy atom. The standard InChI is InChI=1S/C23H44O/c1-2-3-4-5-6-7-8-9-10-11-12-13-14-15-16-17-18-19-20-21-22-23-24/h6-7,23H,2-5,8-22H2,1H3/b7-6-. The topological polar surface area (TPSA) is 17.1 Å². The summed E-state index contributed by atoms with van der Waals surface area (Å²) in [5.74, 6) is 0. The van der Waals surface area contributed by atoms with E-state index in [4.69, 9.17) is 0 Å². The third-order valence-electron chi connectivity index (χ3n) is 4.83. The van der Waals surface area contributed by atoms with E-state index in [0.717, 1.165) is 19.1 Å². The molecule has 0 atom stereocenters. The van der Waals surface area contributed by atoms with E-state index >= 15 is 0 Å². The highest BCUT2D eigenvalue weighted by molar-refractivity contribution is 5.48. The van der Waals surface area contributed by atoms with E-state index in [-0.39, 0.29) is 0 Å². The van der Waals surface area contributed by atoms with Crippen molar-refractivity contribution in [3.05, 3.63) is 12.2 Å². The van der Waals surface area contributed by atoms with Gasteiger partial charge in [0.1, 0.15) is 6.29 Å². The minimum absolute atomic E-state index is 0.759. The van der Waals surface area contributed by atoms with E-state index in [0.29, 0.717) is 0 Å². The summed E-state index contributed by atoms with van der Waals surface area (Å²) in [4.78, 5) is 10.2. The van der Waals surface area contributed by atoms with Gasteiger partial charge in [-0.1, -0.05) is 103 Å². The van der Waals surface area contributed by atoms with Crippen LogP contribution in [0.3, 0.4) is 0 Å². The summed E-state index contributed by atoms with van der Waals surface area (Å²) >= 11 is 0. The highest BCUT2D eigenvalue weighted by Gasteiger charge is 1.94. The Morgan fingerprint density at radius 2 is 0.792 bits per heavy atom. The van der Waals surface area contributed by atoms with Gasteiger partial charge in [0.05, 0.1) is 0 Å². The summed E-state index contributed by atoms with van der Waals surface area (Å²) in [7, 11) is 0. The zero-order valence-electron chi connectivity index (χ0n) is 16.6. The minimum atomic E-state index is 0.759. The summed E-state index contributed by atoms with van der Waals surface area (Å²) in [6.45, 7) is 2.27. The Hall–Kier alpha value is -0.590. The quantitative estimate of drug-likeness (QED) is 0.124. The molecule has 0 spiro atoms. The highest BCUT2D eigenvalue weighted by Crippen LogP contribution is 2.13. The smallest absolute Gasteiger partial charge is 0.119 e. The van der Waals surface area contributed by atoms with Gasteiger partial charge >= 0.3 is 0 Å². The van der Waals surface area contributed by atoms with Crippen molar-refractivity contribution < 1.29 is 4.79 Å². The van der Waals surface area contributed by atoms with Gasteiger partial charge in [0.25, 0.3) is 0 Å². The van der Waals surface area contributed by atoms with Crippen molar-refractivity contribution in [2.45, 2.75) is 129 Å². The van der Waals surface area contributed by atoms with E-state index in [1.165, 1.54) is 109 Å². The van der Waals surface area contributed by atoms with Crippen molar-refractivity contribution in [3.8, 4) is 0 Å². The van der Waals surface area contributed by atoms with Crippen molar-refractivity contribution in [3.63, 3.8) is 0 Å². The molecule has 0 radical (unpaired) electrons. The van der Waals surface area contributed by atoms with Crippen molar-refractivity contribution in [1.82, 2.24) is 0 Å². The first kappa shape index (κ1) is 23.4. The second-order valence-electron chi connectivity index (χ2n) is 7.31. The van der Waals surface area contributed by atoms with Gasteiger partial charge in [0.2, 0.25) is 0 Å². The van der Waals surface area contributed by atoms with Crippen molar-refractivity contribution in [2.75, 3.05) is 0 Å². The molecule has 0 aliphatic heterocycles. The average Bonchev–Trinajstić information content (AvgIpc) is 2.60. The predicted molar refractivity (Wildman–Crippen MR) is 109 cm³/mol. The largest absolute Gasteiger partial charge is 0.303 e. The second-order valence-corrected chi connectivity index (χ2v) is 7.31. The van der Waals surface area contributed by atoms with Crippen LogP contribution < -0.4 is 0 Å². The number of unbranched alkanes of at least 4 members (excludes halogenated alkanes) is 17. The fourth-order valence-corrected chi connectivity index (χ4v) is 3.18. The number of allylic oxidation sites excluding steroid dienone is 2. The molecule has 0 aliphatic rings. The maximum absolute atomic E-state index is 10.2. The van der Waals surface area contributed by atoms with E-state index in [1.54, 1.807) is 0 Å². The molecule has 0 bridgehead atoms. The Labute approximate surface area is 152 Å². The van der Waals surface area contributed by atoms with Crippen LogP contribution in [0.4, 0.5) is 0 Å². The molecule has 0 saturated carbocycles. The Kier molecular flexibility index (Phi) is 21.9. The molecule has 0 heterocycles. The van der Waals surface area contributed by atoms with Gasteiger partial charge in [-0.3, -0.25) is 0 Å². The summed E-state index contributed by atoms with van der Waals surface area (Å²) in [5, 5.41) is 0. The van der Waals surface area contributed by atoms with Crippen LogP contribution in [0.2, 0.25) is 0 Å². The molecule has 0 rings (SSSR count). The number of aldehydes is 1. The number of hydrogen-bond acceptors (Lipinski definition) is 1. The zero-order valence-corrected chi connectivity index (χ0v) is 16.6. The molecule has 1 heteroatoms. The van der Waals surface area contributed by atoms with Crippen LogP contribution in [0.25, 0.3) is 0 Å². The molecule has 0 aliphatic carbocycles. The van der Waals surface area contributed by atoms with Crippen LogP contribution in [0, 0.1) is 0 Å². The number of rotatable bonds is 20. The summed E-state index contributed by atoms with van der Waals surface area (Å²) in [6, 6.07) is 0. The average molecular weight is 337 g/mol. The molecule has 0 fully saturated rings. The fourth-order valence-electron chi connectivity index (χ4n) is 3.18. The first-order chi connectivity index (χ1) is 11.9. The van der Waals surface area contributed by atoms with E-state index in [2.05, 4.69) is 19.1 Å². The number of carbonyl (C=O) groups is 1. The third kappa shape index (κ3) is 21.4. The molecule has 1 nitrogen and oxygen atoms in total. The molecule has 142 valence electrons. The number of hydrogen-bond donors (Lipinski definition) is 0. The maximum Gasteiger partial charge on any atom is 0.119 e. The molecule has 0 N–H and O–H groups in total. The first-order valence-electron chi connectivity index (χ1n) is 11.0. The van der Waals surface area contributed by atoms with E-state index < -0.39 is 0 Å². The Morgan fingerprint density at radius 1 is 0.458 bits per heavy atom. The van der Waals surface area contributed by atoms with Crippen LogP contribution in [0.5, 0.6) is 0 Å². The van der Waals surface area contributed by atoms with Crippen LogP contribution in [0.15, 0.2) is 12.2 Å².